The van der Waals surface area contributed by atoms with Gasteiger partial charge in [-0.2, -0.15) is 13.2 Å². The van der Waals surface area contributed by atoms with Crippen LogP contribution in [0, 0.1) is 0 Å². The number of carbonyl (C=O) groups excluding carboxylic acids is 1. The standard InChI is InChI=1S/C12H15F3N2O2/c1-16-7-10(18)17-8-11(19,12(13,14)15)9-5-3-2-4-6-9/h2-6,16,19H,7-8H2,1H3,(H,17,18). The number of amides is 1. The predicted octanol–water partition coefficient (Wildman–Crippen LogP) is 0.772. The molecule has 0 fully saturated rings. The van der Waals surface area contributed by atoms with E-state index in [-0.39, 0.29) is 12.1 Å². The maximum absolute atomic E-state index is 13.0. The van der Waals surface area contributed by atoms with Gasteiger partial charge in [0.05, 0.1) is 13.1 Å². The highest BCUT2D eigenvalue weighted by Crippen LogP contribution is 2.38. The molecule has 0 radical (unpaired) electrons. The molecule has 1 amide bonds. The molecule has 1 aromatic rings. The first-order chi connectivity index (χ1) is 8.81. The molecule has 0 saturated carbocycles. The molecule has 1 aromatic carbocycles. The molecule has 7 heteroatoms. The van der Waals surface area contributed by atoms with Gasteiger partial charge in [0.15, 0.2) is 0 Å². The number of nitrogens with one attached hydrogen (secondary N) is 2. The number of alkyl halides is 3. The fourth-order valence-electron chi connectivity index (χ4n) is 1.53. The van der Waals surface area contributed by atoms with Crippen LogP contribution in [0.1, 0.15) is 5.56 Å². The number of likely N-dealkylation sites (N-methyl/N-ethyl adjacent to an activating group) is 1. The van der Waals surface area contributed by atoms with Crippen LogP contribution < -0.4 is 10.6 Å². The summed E-state index contributed by atoms with van der Waals surface area (Å²) >= 11 is 0. The minimum absolute atomic E-state index is 0.122. The van der Waals surface area contributed by atoms with Crippen molar-refractivity contribution >= 4 is 5.91 Å². The molecule has 106 valence electrons. The lowest BCUT2D eigenvalue weighted by molar-refractivity contribution is -0.264. The molecule has 3 N–H and O–H groups in total. The van der Waals surface area contributed by atoms with Crippen LogP contribution in [0.4, 0.5) is 13.2 Å². The van der Waals surface area contributed by atoms with Crippen molar-refractivity contribution in [3.63, 3.8) is 0 Å². The molecule has 0 aromatic heterocycles. The molecule has 19 heavy (non-hydrogen) atoms. The second-order valence-electron chi connectivity index (χ2n) is 4.03. The molecule has 0 aliphatic heterocycles. The van der Waals surface area contributed by atoms with Gasteiger partial charge in [-0.05, 0) is 12.6 Å². The summed E-state index contributed by atoms with van der Waals surface area (Å²) in [5.41, 5.74) is -3.41. The summed E-state index contributed by atoms with van der Waals surface area (Å²) < 4.78 is 39.0. The van der Waals surface area contributed by atoms with Gasteiger partial charge in [0.25, 0.3) is 0 Å². The Hall–Kier alpha value is -1.60. The molecule has 0 heterocycles. The van der Waals surface area contributed by atoms with Crippen LogP contribution in [-0.2, 0) is 10.4 Å². The average Bonchev–Trinajstić information content (AvgIpc) is 2.36. The maximum Gasteiger partial charge on any atom is 0.423 e. The highest BCUT2D eigenvalue weighted by Gasteiger charge is 2.55. The summed E-state index contributed by atoms with van der Waals surface area (Å²) in [4.78, 5) is 11.2. The van der Waals surface area contributed by atoms with Crippen LogP contribution >= 0.6 is 0 Å². The summed E-state index contributed by atoms with van der Waals surface area (Å²) in [5, 5.41) is 14.4. The average molecular weight is 276 g/mol. The van der Waals surface area contributed by atoms with E-state index in [4.69, 9.17) is 0 Å². The molecule has 0 aliphatic rings. The number of carbonyl (C=O) groups is 1. The van der Waals surface area contributed by atoms with Crippen LogP contribution in [0.15, 0.2) is 30.3 Å². The van der Waals surface area contributed by atoms with Crippen LogP contribution in [-0.4, -0.2) is 37.3 Å². The van der Waals surface area contributed by atoms with Crippen molar-refractivity contribution in [1.82, 2.24) is 10.6 Å². The first-order valence-corrected chi connectivity index (χ1v) is 5.57. The number of hydrogen-bond donors (Lipinski definition) is 3. The predicted molar refractivity (Wildman–Crippen MR) is 63.3 cm³/mol. The van der Waals surface area contributed by atoms with Gasteiger partial charge in [-0.1, -0.05) is 30.3 Å². The molecule has 0 aliphatic carbocycles. The summed E-state index contributed by atoms with van der Waals surface area (Å²) in [6, 6.07) is 6.65. The fourth-order valence-corrected chi connectivity index (χ4v) is 1.53. The van der Waals surface area contributed by atoms with Crippen LogP contribution in [0.25, 0.3) is 0 Å². The van der Waals surface area contributed by atoms with E-state index in [1.54, 1.807) is 6.07 Å². The van der Waals surface area contributed by atoms with Gasteiger partial charge < -0.3 is 15.7 Å². The smallest absolute Gasteiger partial charge is 0.375 e. The Morgan fingerprint density at radius 3 is 2.32 bits per heavy atom. The SMILES string of the molecule is CNCC(=O)NCC(O)(c1ccccc1)C(F)(F)F. The number of hydrogen-bond acceptors (Lipinski definition) is 3. The zero-order valence-electron chi connectivity index (χ0n) is 10.3. The lowest BCUT2D eigenvalue weighted by Gasteiger charge is -2.31. The third-order valence-electron chi connectivity index (χ3n) is 2.60. The summed E-state index contributed by atoms with van der Waals surface area (Å²) in [5.74, 6) is -0.624. The summed E-state index contributed by atoms with van der Waals surface area (Å²) in [7, 11) is 1.49. The highest BCUT2D eigenvalue weighted by molar-refractivity contribution is 5.78. The van der Waals surface area contributed by atoms with Gasteiger partial charge in [-0.25, -0.2) is 0 Å². The van der Waals surface area contributed by atoms with Gasteiger partial charge in [0.1, 0.15) is 0 Å². The maximum atomic E-state index is 13.0. The van der Waals surface area contributed by atoms with E-state index in [1.807, 2.05) is 0 Å². The number of aliphatic hydroxyl groups is 1. The Labute approximate surface area is 108 Å². The van der Waals surface area contributed by atoms with Crippen LogP contribution in [0.3, 0.4) is 0 Å². The van der Waals surface area contributed by atoms with E-state index < -0.39 is 24.2 Å². The Morgan fingerprint density at radius 2 is 1.84 bits per heavy atom. The zero-order valence-corrected chi connectivity index (χ0v) is 10.3. The van der Waals surface area contributed by atoms with Gasteiger partial charge >= 0.3 is 6.18 Å². The molecular formula is C12H15F3N2O2. The minimum atomic E-state index is -4.89. The zero-order chi connectivity index (χ0) is 14.5. The molecule has 4 nitrogen and oxygen atoms in total. The quantitative estimate of drug-likeness (QED) is 0.744. The van der Waals surface area contributed by atoms with E-state index >= 15 is 0 Å². The van der Waals surface area contributed by atoms with E-state index in [2.05, 4.69) is 10.6 Å². The van der Waals surface area contributed by atoms with Gasteiger partial charge in [-0.15, -0.1) is 0 Å². The second kappa shape index (κ2) is 6.03. The fraction of sp³-hybridized carbons (Fsp3) is 0.417. The summed E-state index contributed by atoms with van der Waals surface area (Å²) in [6.45, 7) is -1.05. The number of benzene rings is 1. The van der Waals surface area contributed by atoms with Crippen molar-refractivity contribution in [2.45, 2.75) is 11.8 Å². The first-order valence-electron chi connectivity index (χ1n) is 5.57. The van der Waals surface area contributed by atoms with Crippen LogP contribution in [0.5, 0.6) is 0 Å². The molecule has 0 spiro atoms. The Morgan fingerprint density at radius 1 is 1.26 bits per heavy atom. The van der Waals surface area contributed by atoms with Crippen molar-refractivity contribution in [2.75, 3.05) is 20.1 Å². The van der Waals surface area contributed by atoms with E-state index in [9.17, 15) is 23.1 Å². The second-order valence-corrected chi connectivity index (χ2v) is 4.03. The minimum Gasteiger partial charge on any atom is -0.375 e. The third-order valence-corrected chi connectivity index (χ3v) is 2.60. The topological polar surface area (TPSA) is 61.4 Å². The van der Waals surface area contributed by atoms with Gasteiger partial charge in [-0.3, -0.25) is 4.79 Å². The van der Waals surface area contributed by atoms with E-state index in [0.717, 1.165) is 12.1 Å². The van der Waals surface area contributed by atoms with E-state index in [1.165, 1.54) is 19.2 Å². The summed E-state index contributed by atoms with van der Waals surface area (Å²) in [6.07, 6.45) is -4.89. The van der Waals surface area contributed by atoms with Gasteiger partial charge in [0.2, 0.25) is 11.5 Å². The largest absolute Gasteiger partial charge is 0.423 e. The lowest BCUT2D eigenvalue weighted by atomic mass is 9.93. The first kappa shape index (κ1) is 15.5. The monoisotopic (exact) mass is 276 g/mol. The number of halogens is 3. The van der Waals surface area contributed by atoms with Gasteiger partial charge in [0, 0.05) is 0 Å². The van der Waals surface area contributed by atoms with Crippen molar-refractivity contribution in [2.24, 2.45) is 0 Å². The van der Waals surface area contributed by atoms with Crippen molar-refractivity contribution < 1.29 is 23.1 Å². The Bertz CT molecular complexity index is 423. The van der Waals surface area contributed by atoms with Crippen LogP contribution in [0.2, 0.25) is 0 Å². The molecule has 1 unspecified atom stereocenters. The van der Waals surface area contributed by atoms with Crippen molar-refractivity contribution in [3.8, 4) is 0 Å². The number of rotatable bonds is 5. The highest BCUT2D eigenvalue weighted by atomic mass is 19.4. The Balaban J connectivity index is 2.93. The molecule has 1 atom stereocenters. The molecule has 0 saturated heterocycles. The van der Waals surface area contributed by atoms with E-state index in [0.29, 0.717) is 0 Å². The molecule has 0 bridgehead atoms. The lowest BCUT2D eigenvalue weighted by Crippen LogP contribution is -2.51. The normalized spacial score (nSPS) is 14.8. The molecule has 1 rings (SSSR count). The van der Waals surface area contributed by atoms with Crippen molar-refractivity contribution in [1.29, 1.82) is 0 Å². The van der Waals surface area contributed by atoms with Crippen molar-refractivity contribution in [3.05, 3.63) is 35.9 Å². The Kier molecular flexibility index (Phi) is 4.90. The third kappa shape index (κ3) is 3.68. The molecular weight excluding hydrogens is 261 g/mol.